The maximum absolute atomic E-state index is 12.6. The summed E-state index contributed by atoms with van der Waals surface area (Å²) in [6.07, 6.45) is 0.784. The first-order valence-electron chi connectivity index (χ1n) is 8.55. The summed E-state index contributed by atoms with van der Waals surface area (Å²) in [7, 11) is 0. The van der Waals surface area contributed by atoms with Crippen molar-refractivity contribution >= 4 is 11.9 Å². The van der Waals surface area contributed by atoms with Crippen LogP contribution in [0.25, 0.3) is 0 Å². The van der Waals surface area contributed by atoms with Gasteiger partial charge in [0.25, 0.3) is 11.5 Å². The molecule has 0 aliphatic heterocycles. The van der Waals surface area contributed by atoms with Crippen molar-refractivity contribution in [1.29, 1.82) is 0 Å². The van der Waals surface area contributed by atoms with E-state index in [0.717, 1.165) is 5.56 Å². The average molecular weight is 357 g/mol. The van der Waals surface area contributed by atoms with Gasteiger partial charge in [-0.05, 0) is 24.5 Å². The van der Waals surface area contributed by atoms with Gasteiger partial charge >= 0.3 is 5.97 Å². The molecule has 0 saturated carbocycles. The molecule has 0 bridgehead atoms. The molecular formula is C19H23N3O4. The highest BCUT2D eigenvalue weighted by Gasteiger charge is 2.31. The molecule has 1 heterocycles. The zero-order valence-electron chi connectivity index (χ0n) is 14.9. The molecular weight excluding hydrogens is 334 g/mol. The molecule has 7 nitrogen and oxygen atoms in total. The fourth-order valence-electron chi connectivity index (χ4n) is 2.75. The van der Waals surface area contributed by atoms with E-state index in [1.54, 1.807) is 0 Å². The van der Waals surface area contributed by atoms with Crippen LogP contribution in [0, 0.1) is 0 Å². The summed E-state index contributed by atoms with van der Waals surface area (Å²) in [6.45, 7) is 3.91. The second kappa shape index (κ2) is 8.42. The maximum Gasteiger partial charge on any atom is 0.305 e. The largest absolute Gasteiger partial charge is 0.481 e. The third kappa shape index (κ3) is 4.78. The van der Waals surface area contributed by atoms with Crippen molar-refractivity contribution in [2.24, 2.45) is 0 Å². The molecule has 1 amide bonds. The van der Waals surface area contributed by atoms with Crippen LogP contribution >= 0.6 is 0 Å². The summed E-state index contributed by atoms with van der Waals surface area (Å²) in [5.74, 6) is -1.47. The van der Waals surface area contributed by atoms with Crippen LogP contribution in [0.1, 0.15) is 49.2 Å². The van der Waals surface area contributed by atoms with Crippen LogP contribution in [0.3, 0.4) is 0 Å². The van der Waals surface area contributed by atoms with Crippen LogP contribution in [-0.2, 0) is 11.3 Å². The van der Waals surface area contributed by atoms with Crippen LogP contribution < -0.4 is 10.9 Å². The normalized spacial score (nSPS) is 11.2. The van der Waals surface area contributed by atoms with Gasteiger partial charge in [-0.25, -0.2) is 4.68 Å². The van der Waals surface area contributed by atoms with Crippen LogP contribution in [0.4, 0.5) is 0 Å². The molecule has 0 aliphatic rings. The molecule has 0 saturated heterocycles. The lowest BCUT2D eigenvalue weighted by molar-refractivity contribution is -0.138. The first-order chi connectivity index (χ1) is 12.4. The number of hydrogen-bond donors (Lipinski definition) is 2. The van der Waals surface area contributed by atoms with Crippen molar-refractivity contribution in [3.8, 4) is 0 Å². The molecule has 26 heavy (non-hydrogen) atoms. The summed E-state index contributed by atoms with van der Waals surface area (Å²) in [5, 5.41) is 16.1. The number of nitrogens with one attached hydrogen (secondary N) is 1. The number of carbonyl (C=O) groups is 2. The maximum atomic E-state index is 12.6. The Morgan fingerprint density at radius 3 is 2.35 bits per heavy atom. The highest BCUT2D eigenvalue weighted by molar-refractivity contribution is 5.92. The molecule has 138 valence electrons. The van der Waals surface area contributed by atoms with Gasteiger partial charge in [0.15, 0.2) is 0 Å². The molecule has 2 N–H and O–H groups in total. The van der Waals surface area contributed by atoms with Gasteiger partial charge in [0.05, 0.1) is 18.5 Å². The molecule has 0 spiro atoms. The first kappa shape index (κ1) is 19.4. The van der Waals surface area contributed by atoms with Crippen LogP contribution in [-0.4, -0.2) is 32.3 Å². The van der Waals surface area contributed by atoms with Gasteiger partial charge in [0.2, 0.25) is 0 Å². The number of aromatic nitrogens is 2. The lowest BCUT2D eigenvalue weighted by atomic mass is 9.89. The van der Waals surface area contributed by atoms with Crippen molar-refractivity contribution in [2.75, 3.05) is 0 Å². The van der Waals surface area contributed by atoms with Gasteiger partial charge < -0.3 is 10.4 Å². The summed E-state index contributed by atoms with van der Waals surface area (Å²) in [4.78, 5) is 35.8. The lowest BCUT2D eigenvalue weighted by Crippen LogP contribution is -2.49. The molecule has 2 aromatic rings. The van der Waals surface area contributed by atoms with Crippen molar-refractivity contribution in [3.05, 3.63) is 64.1 Å². The van der Waals surface area contributed by atoms with Gasteiger partial charge in [0, 0.05) is 6.07 Å². The minimum Gasteiger partial charge on any atom is -0.481 e. The van der Waals surface area contributed by atoms with E-state index in [1.165, 1.54) is 16.8 Å². The van der Waals surface area contributed by atoms with Crippen molar-refractivity contribution in [1.82, 2.24) is 15.1 Å². The van der Waals surface area contributed by atoms with E-state index < -0.39 is 17.4 Å². The first-order valence-corrected chi connectivity index (χ1v) is 8.55. The number of carboxylic acids is 1. The number of nitrogens with zero attached hydrogens (tertiary/aromatic N) is 2. The standard InChI is InChI=1S/C19H23N3O4/c1-3-19(4-2,12-17(24)25)20-18(26)15-10-11-16(23)22(21-15)13-14-8-6-5-7-9-14/h5-11H,3-4,12-13H2,1-2H3,(H,20,26)(H,24,25). The number of amides is 1. The average Bonchev–Trinajstić information content (AvgIpc) is 2.63. The van der Waals surface area contributed by atoms with Crippen LogP contribution in [0.15, 0.2) is 47.3 Å². The van der Waals surface area contributed by atoms with Gasteiger partial charge in [-0.1, -0.05) is 44.2 Å². The van der Waals surface area contributed by atoms with Crippen molar-refractivity contribution in [3.63, 3.8) is 0 Å². The Kier molecular flexibility index (Phi) is 6.27. The Hall–Kier alpha value is -2.96. The Balaban J connectivity index is 2.25. The second-order valence-electron chi connectivity index (χ2n) is 6.21. The Morgan fingerprint density at radius 1 is 1.12 bits per heavy atom. The SMILES string of the molecule is CCC(CC)(CC(=O)O)NC(=O)c1ccc(=O)n(Cc2ccccc2)n1. The smallest absolute Gasteiger partial charge is 0.305 e. The molecule has 7 heteroatoms. The minimum atomic E-state index is -0.976. The fraction of sp³-hybridized carbons (Fsp3) is 0.368. The number of carbonyl (C=O) groups excluding carboxylic acids is 1. The molecule has 2 rings (SSSR count). The number of rotatable bonds is 8. The Morgan fingerprint density at radius 2 is 1.77 bits per heavy atom. The second-order valence-corrected chi connectivity index (χ2v) is 6.21. The van der Waals surface area contributed by atoms with E-state index in [2.05, 4.69) is 10.4 Å². The number of benzene rings is 1. The van der Waals surface area contributed by atoms with E-state index >= 15 is 0 Å². The zero-order chi connectivity index (χ0) is 19.2. The van der Waals surface area contributed by atoms with Crippen molar-refractivity contribution in [2.45, 2.75) is 45.2 Å². The molecule has 0 aliphatic carbocycles. The molecule has 1 aromatic heterocycles. The highest BCUT2D eigenvalue weighted by atomic mass is 16.4. The van der Waals surface area contributed by atoms with Gasteiger partial charge in [-0.2, -0.15) is 5.10 Å². The predicted octanol–water partition coefficient (Wildman–Crippen LogP) is 2.05. The minimum absolute atomic E-state index is 0.0807. The number of aliphatic carboxylic acids is 1. The summed E-state index contributed by atoms with van der Waals surface area (Å²) in [6, 6.07) is 12.0. The van der Waals surface area contributed by atoms with E-state index in [1.807, 2.05) is 44.2 Å². The molecule has 0 fully saturated rings. The number of carboxylic acid groups (broad SMARTS) is 1. The summed E-state index contributed by atoms with van der Waals surface area (Å²) in [5.41, 5.74) is -0.183. The van der Waals surface area contributed by atoms with E-state index in [0.29, 0.717) is 12.8 Å². The summed E-state index contributed by atoms with van der Waals surface area (Å²) >= 11 is 0. The molecule has 0 atom stereocenters. The predicted molar refractivity (Wildman–Crippen MR) is 97.1 cm³/mol. The lowest BCUT2D eigenvalue weighted by Gasteiger charge is -2.31. The molecule has 1 aromatic carbocycles. The zero-order valence-corrected chi connectivity index (χ0v) is 14.9. The summed E-state index contributed by atoms with van der Waals surface area (Å²) < 4.78 is 1.22. The van der Waals surface area contributed by atoms with Crippen molar-refractivity contribution < 1.29 is 14.7 Å². The van der Waals surface area contributed by atoms with Gasteiger partial charge in [0.1, 0.15) is 5.69 Å². The Bertz CT molecular complexity index is 826. The molecule has 0 unspecified atom stereocenters. The highest BCUT2D eigenvalue weighted by Crippen LogP contribution is 2.20. The van der Waals surface area contributed by atoms with Gasteiger partial charge in [-0.15, -0.1) is 0 Å². The third-order valence-electron chi connectivity index (χ3n) is 4.50. The fourth-order valence-corrected chi connectivity index (χ4v) is 2.75. The van der Waals surface area contributed by atoms with Gasteiger partial charge in [-0.3, -0.25) is 14.4 Å². The monoisotopic (exact) mass is 357 g/mol. The van der Waals surface area contributed by atoms with Crippen LogP contribution in [0.2, 0.25) is 0 Å². The Labute approximate surface area is 151 Å². The molecule has 0 radical (unpaired) electrons. The number of hydrogen-bond acceptors (Lipinski definition) is 4. The topological polar surface area (TPSA) is 101 Å². The van der Waals surface area contributed by atoms with E-state index in [-0.39, 0.29) is 24.2 Å². The quantitative estimate of drug-likeness (QED) is 0.753. The van der Waals surface area contributed by atoms with E-state index in [4.69, 9.17) is 5.11 Å². The third-order valence-corrected chi connectivity index (χ3v) is 4.50. The van der Waals surface area contributed by atoms with Crippen LogP contribution in [0.5, 0.6) is 0 Å². The van der Waals surface area contributed by atoms with E-state index in [9.17, 15) is 14.4 Å².